The van der Waals surface area contributed by atoms with Gasteiger partial charge in [0.05, 0.1) is 19.2 Å². The van der Waals surface area contributed by atoms with Crippen LogP contribution in [0.5, 0.6) is 0 Å². The molecule has 6 heteroatoms. The first-order valence-corrected chi connectivity index (χ1v) is 9.67. The van der Waals surface area contributed by atoms with Crippen molar-refractivity contribution in [2.24, 2.45) is 0 Å². The van der Waals surface area contributed by atoms with Gasteiger partial charge in [0.15, 0.2) is 0 Å². The second kappa shape index (κ2) is 8.28. The van der Waals surface area contributed by atoms with Gasteiger partial charge >= 0.3 is 5.97 Å². The van der Waals surface area contributed by atoms with E-state index in [2.05, 4.69) is 15.9 Å². The van der Waals surface area contributed by atoms with Crippen molar-refractivity contribution >= 4 is 39.4 Å². The maximum Gasteiger partial charge on any atom is 0.336 e. The number of amides is 1. The molecule has 1 unspecified atom stereocenters. The molecule has 0 aliphatic carbocycles. The lowest BCUT2D eigenvalue weighted by atomic mass is 9.83. The maximum atomic E-state index is 12.9. The first-order chi connectivity index (χ1) is 12.9. The Morgan fingerprint density at radius 1 is 1.22 bits per heavy atom. The van der Waals surface area contributed by atoms with E-state index in [-0.39, 0.29) is 12.3 Å². The van der Waals surface area contributed by atoms with Crippen molar-refractivity contribution in [2.75, 3.05) is 7.11 Å². The Morgan fingerprint density at radius 2 is 1.89 bits per heavy atom. The van der Waals surface area contributed by atoms with Crippen molar-refractivity contribution in [2.45, 2.75) is 25.8 Å². The van der Waals surface area contributed by atoms with Gasteiger partial charge in [0, 0.05) is 27.5 Å². The highest BCUT2D eigenvalue weighted by atomic mass is 79.9. The average Bonchev–Trinajstić information content (AvgIpc) is 2.66. The molecule has 140 valence electrons. The van der Waals surface area contributed by atoms with Crippen LogP contribution < -0.4 is 0 Å². The van der Waals surface area contributed by atoms with E-state index in [1.807, 2.05) is 42.5 Å². The molecule has 0 N–H and O–H groups in total. The fourth-order valence-electron chi connectivity index (χ4n) is 3.37. The highest BCUT2D eigenvalue weighted by Crippen LogP contribution is 2.40. The summed E-state index contributed by atoms with van der Waals surface area (Å²) in [7, 11) is 1.35. The van der Waals surface area contributed by atoms with Gasteiger partial charge in [-0.15, -0.1) is 0 Å². The first kappa shape index (κ1) is 19.6. The van der Waals surface area contributed by atoms with Crippen molar-refractivity contribution in [3.8, 4) is 0 Å². The molecule has 0 fully saturated rings. The van der Waals surface area contributed by atoms with Gasteiger partial charge in [0.2, 0.25) is 5.91 Å². The summed E-state index contributed by atoms with van der Waals surface area (Å²) in [5, 5.41) is 0.533. The van der Waals surface area contributed by atoms with E-state index in [0.717, 1.165) is 15.6 Å². The smallest absolute Gasteiger partial charge is 0.336 e. The van der Waals surface area contributed by atoms with E-state index in [1.54, 1.807) is 17.9 Å². The highest BCUT2D eigenvalue weighted by molar-refractivity contribution is 9.10. The monoisotopic (exact) mass is 447 g/mol. The molecule has 4 nitrogen and oxygen atoms in total. The van der Waals surface area contributed by atoms with Gasteiger partial charge < -0.3 is 9.64 Å². The van der Waals surface area contributed by atoms with Crippen molar-refractivity contribution in [3.05, 3.63) is 80.4 Å². The Bertz CT molecular complexity index is 908. The largest absolute Gasteiger partial charge is 0.466 e. The summed E-state index contributed by atoms with van der Waals surface area (Å²) < 4.78 is 5.99. The van der Waals surface area contributed by atoms with Crippen molar-refractivity contribution in [3.63, 3.8) is 0 Å². The molecule has 0 bridgehead atoms. The van der Waals surface area contributed by atoms with Crippen molar-refractivity contribution in [1.29, 1.82) is 0 Å². The van der Waals surface area contributed by atoms with Crippen LogP contribution in [-0.2, 0) is 20.9 Å². The number of methoxy groups -OCH3 is 1. The number of hydrogen-bond acceptors (Lipinski definition) is 3. The zero-order chi connectivity index (χ0) is 19.6. The van der Waals surface area contributed by atoms with Crippen LogP contribution >= 0.6 is 27.5 Å². The molecule has 2 aromatic rings. The number of allylic oxidation sites excluding steroid dienone is 1. The summed E-state index contributed by atoms with van der Waals surface area (Å²) in [4.78, 5) is 27.1. The lowest BCUT2D eigenvalue weighted by Crippen LogP contribution is -2.38. The van der Waals surface area contributed by atoms with Gasteiger partial charge in [0.25, 0.3) is 0 Å². The predicted octanol–water partition coefficient (Wildman–Crippen LogP) is 5.07. The van der Waals surface area contributed by atoms with Crippen molar-refractivity contribution in [1.82, 2.24) is 4.90 Å². The average molecular weight is 449 g/mol. The normalized spacial score (nSPS) is 17.3. The number of carbonyl (C=O) groups is 2. The number of esters is 1. The molecular formula is C21H19BrClNO3. The lowest BCUT2D eigenvalue weighted by molar-refractivity contribution is -0.138. The molecule has 3 rings (SSSR count). The molecule has 27 heavy (non-hydrogen) atoms. The summed E-state index contributed by atoms with van der Waals surface area (Å²) >= 11 is 9.75. The van der Waals surface area contributed by atoms with Gasteiger partial charge in [-0.1, -0.05) is 57.9 Å². The molecule has 0 saturated heterocycles. The summed E-state index contributed by atoms with van der Waals surface area (Å²) in [5.74, 6) is -0.904. The summed E-state index contributed by atoms with van der Waals surface area (Å²) in [6.45, 7) is 2.18. The Morgan fingerprint density at radius 3 is 2.52 bits per heavy atom. The summed E-state index contributed by atoms with van der Waals surface area (Å²) in [5.41, 5.74) is 2.81. The Kier molecular flexibility index (Phi) is 6.02. The van der Waals surface area contributed by atoms with Gasteiger partial charge in [-0.25, -0.2) is 4.79 Å². The van der Waals surface area contributed by atoms with E-state index >= 15 is 0 Å². The molecule has 1 aliphatic rings. The molecule has 0 radical (unpaired) electrons. The quantitative estimate of drug-likeness (QED) is 0.614. The molecule has 0 spiro atoms. The topological polar surface area (TPSA) is 46.6 Å². The molecular weight excluding hydrogens is 430 g/mol. The van der Waals surface area contributed by atoms with E-state index < -0.39 is 11.9 Å². The van der Waals surface area contributed by atoms with Gasteiger partial charge in [-0.2, -0.15) is 0 Å². The van der Waals surface area contributed by atoms with Gasteiger partial charge in [-0.3, -0.25) is 4.79 Å². The molecule has 0 saturated carbocycles. The third-order valence-corrected chi connectivity index (χ3v) is 5.64. The Balaban J connectivity index is 2.03. The minimum Gasteiger partial charge on any atom is -0.466 e. The fraction of sp³-hybridized carbons (Fsp3) is 0.238. The van der Waals surface area contributed by atoms with Gasteiger partial charge in [0.1, 0.15) is 0 Å². The maximum absolute atomic E-state index is 12.9. The minimum absolute atomic E-state index is 0.0482. The zero-order valence-electron chi connectivity index (χ0n) is 15.0. The van der Waals surface area contributed by atoms with Crippen LogP contribution in [0.2, 0.25) is 5.02 Å². The van der Waals surface area contributed by atoms with Crippen LogP contribution in [0.3, 0.4) is 0 Å². The van der Waals surface area contributed by atoms with Crippen LogP contribution in [0, 0.1) is 0 Å². The Labute approximate surface area is 171 Å². The molecule has 0 aromatic heterocycles. The minimum atomic E-state index is -0.439. The van der Waals surface area contributed by atoms with Crippen molar-refractivity contribution < 1.29 is 14.3 Å². The number of ether oxygens (including phenoxy) is 1. The van der Waals surface area contributed by atoms with Crippen LogP contribution in [0.15, 0.2) is 64.3 Å². The number of benzene rings is 2. The van der Waals surface area contributed by atoms with Gasteiger partial charge in [-0.05, 0) is 36.2 Å². The molecule has 1 atom stereocenters. The lowest BCUT2D eigenvalue weighted by Gasteiger charge is -2.34. The molecule has 1 heterocycles. The molecule has 1 aliphatic heterocycles. The number of halogens is 2. The second-order valence-corrected chi connectivity index (χ2v) is 7.70. The number of carbonyl (C=O) groups excluding carboxylic acids is 2. The SMILES string of the molecule is COC(=O)C1=C(C)N(Cc2ccc(Br)cc2)C(=O)CC1c1ccccc1Cl. The molecule has 2 aromatic carbocycles. The van der Waals surface area contributed by atoms with E-state index in [0.29, 0.717) is 22.8 Å². The summed E-state index contributed by atoms with van der Waals surface area (Å²) in [6.07, 6.45) is 0.169. The predicted molar refractivity (Wildman–Crippen MR) is 108 cm³/mol. The summed E-state index contributed by atoms with van der Waals surface area (Å²) in [6, 6.07) is 15.0. The van der Waals surface area contributed by atoms with Crippen LogP contribution in [-0.4, -0.2) is 23.9 Å². The fourth-order valence-corrected chi connectivity index (χ4v) is 3.91. The van der Waals surface area contributed by atoms with Crippen LogP contribution in [0.4, 0.5) is 0 Å². The van der Waals surface area contributed by atoms with Crippen LogP contribution in [0.1, 0.15) is 30.4 Å². The zero-order valence-corrected chi connectivity index (χ0v) is 17.4. The standard InChI is InChI=1S/C21H19BrClNO3/c1-13-20(21(26)27-2)17(16-5-3-4-6-18(16)23)11-19(25)24(13)12-14-7-9-15(22)10-8-14/h3-10,17H,11-12H2,1-2H3. The third kappa shape index (κ3) is 4.09. The number of hydrogen-bond donors (Lipinski definition) is 0. The van der Waals surface area contributed by atoms with E-state index in [4.69, 9.17) is 16.3 Å². The molecule has 1 amide bonds. The first-order valence-electron chi connectivity index (χ1n) is 8.50. The van der Waals surface area contributed by atoms with Crippen LogP contribution in [0.25, 0.3) is 0 Å². The number of nitrogens with zero attached hydrogens (tertiary/aromatic N) is 1. The second-order valence-electron chi connectivity index (χ2n) is 6.38. The van der Waals surface area contributed by atoms with E-state index in [9.17, 15) is 9.59 Å². The Hall–Kier alpha value is -2.11. The van der Waals surface area contributed by atoms with E-state index in [1.165, 1.54) is 7.11 Å². The third-order valence-electron chi connectivity index (χ3n) is 4.76. The number of rotatable bonds is 4. The highest BCUT2D eigenvalue weighted by Gasteiger charge is 2.37.